The third-order valence-corrected chi connectivity index (χ3v) is 5.18. The number of carbonyl (C=O) groups excluding carboxylic acids is 1. The van der Waals surface area contributed by atoms with Crippen LogP contribution in [0.1, 0.15) is 5.69 Å². The van der Waals surface area contributed by atoms with Crippen molar-refractivity contribution in [2.24, 2.45) is 0 Å². The lowest BCUT2D eigenvalue weighted by molar-refractivity contribution is -0.122. The first-order valence-electron chi connectivity index (χ1n) is 9.05. The predicted molar refractivity (Wildman–Crippen MR) is 119 cm³/mol. The Balaban J connectivity index is 2.27. The van der Waals surface area contributed by atoms with Gasteiger partial charge in [0.1, 0.15) is 17.7 Å². The number of nitrogens with one attached hydrogen (secondary N) is 1. The van der Waals surface area contributed by atoms with Gasteiger partial charge in [0.15, 0.2) is 12.0 Å². The van der Waals surface area contributed by atoms with Crippen molar-refractivity contribution in [1.82, 2.24) is 14.9 Å². The maximum Gasteiger partial charge on any atom is 0.257 e. The molecule has 8 nitrogen and oxygen atoms in total. The van der Waals surface area contributed by atoms with E-state index in [2.05, 4.69) is 10.3 Å². The summed E-state index contributed by atoms with van der Waals surface area (Å²) in [6, 6.07) is 4.45. The number of carbonyl (C=O) groups is 1. The SMILES string of the molecule is CNC(=O)COc1ncc(Cl)c2c1c(=O)cc(C)n2-c1c(Cl)cc(OCCO)cc1Cl. The minimum atomic E-state index is -0.388. The van der Waals surface area contributed by atoms with Crippen LogP contribution in [0.2, 0.25) is 15.1 Å². The van der Waals surface area contributed by atoms with Crippen LogP contribution >= 0.6 is 34.8 Å². The van der Waals surface area contributed by atoms with Gasteiger partial charge in [0, 0.05) is 30.9 Å². The molecule has 3 aromatic rings. The Bertz CT molecular complexity index is 1190. The Morgan fingerprint density at radius 2 is 1.84 bits per heavy atom. The van der Waals surface area contributed by atoms with Crippen molar-refractivity contribution in [2.45, 2.75) is 6.92 Å². The first-order valence-corrected chi connectivity index (χ1v) is 10.2. The fourth-order valence-corrected chi connectivity index (χ4v) is 3.88. The molecule has 2 heterocycles. The third kappa shape index (κ3) is 4.72. The molecular formula is C20H18Cl3N3O5. The summed E-state index contributed by atoms with van der Waals surface area (Å²) in [6.45, 7) is 1.29. The van der Waals surface area contributed by atoms with Gasteiger partial charge in [-0.05, 0) is 6.92 Å². The molecule has 1 amide bonds. The standard InChI is InChI=1S/C20H18Cl3N3O5/c1-10-5-15(28)17-19(14(23)8-25-20(17)31-9-16(29)24-2)26(10)18-12(21)6-11(7-13(18)22)30-4-3-27/h5-8,27H,3-4,9H2,1-2H3,(H,24,29). The largest absolute Gasteiger partial charge is 0.491 e. The quantitative estimate of drug-likeness (QED) is 0.532. The summed E-state index contributed by atoms with van der Waals surface area (Å²) in [5.74, 6) is -0.0584. The lowest BCUT2D eigenvalue weighted by Crippen LogP contribution is -2.25. The van der Waals surface area contributed by atoms with E-state index >= 15 is 0 Å². The van der Waals surface area contributed by atoms with Gasteiger partial charge in [-0.1, -0.05) is 34.8 Å². The fraction of sp³-hybridized carbons (Fsp3) is 0.250. The van der Waals surface area contributed by atoms with Gasteiger partial charge in [-0.25, -0.2) is 4.98 Å². The molecule has 2 aromatic heterocycles. The van der Waals surface area contributed by atoms with Gasteiger partial charge < -0.3 is 24.5 Å². The van der Waals surface area contributed by atoms with E-state index in [-0.39, 0.29) is 63.0 Å². The molecule has 0 radical (unpaired) electrons. The monoisotopic (exact) mass is 485 g/mol. The van der Waals surface area contributed by atoms with Gasteiger partial charge in [0.25, 0.3) is 5.91 Å². The molecule has 164 valence electrons. The molecule has 0 atom stereocenters. The minimum absolute atomic E-state index is 0.0445. The molecule has 11 heteroatoms. The average Bonchev–Trinajstić information content (AvgIpc) is 2.72. The Kier molecular flexibility index (Phi) is 7.27. The summed E-state index contributed by atoms with van der Waals surface area (Å²) >= 11 is 19.4. The zero-order valence-electron chi connectivity index (χ0n) is 16.5. The maximum absolute atomic E-state index is 12.8. The molecule has 0 saturated heterocycles. The number of hydrogen-bond donors (Lipinski definition) is 2. The number of aryl methyl sites for hydroxylation is 1. The number of hydrogen-bond acceptors (Lipinski definition) is 6. The number of pyridine rings is 2. The van der Waals surface area contributed by atoms with Gasteiger partial charge in [-0.3, -0.25) is 9.59 Å². The number of fused-ring (bicyclic) bond motifs is 1. The van der Waals surface area contributed by atoms with Gasteiger partial charge in [0.2, 0.25) is 5.88 Å². The van der Waals surface area contributed by atoms with Crippen LogP contribution in [0.3, 0.4) is 0 Å². The van der Waals surface area contributed by atoms with Crippen molar-refractivity contribution in [3.05, 3.63) is 55.4 Å². The number of likely N-dealkylation sites (N-methyl/N-ethyl adjacent to an activating group) is 1. The molecule has 0 unspecified atom stereocenters. The third-order valence-electron chi connectivity index (χ3n) is 4.33. The molecule has 0 bridgehead atoms. The van der Waals surface area contributed by atoms with Crippen molar-refractivity contribution in [3.8, 4) is 17.3 Å². The van der Waals surface area contributed by atoms with Crippen molar-refractivity contribution in [2.75, 3.05) is 26.9 Å². The Morgan fingerprint density at radius 1 is 1.16 bits per heavy atom. The maximum atomic E-state index is 12.8. The van der Waals surface area contributed by atoms with E-state index in [0.29, 0.717) is 17.1 Å². The molecule has 1 aromatic carbocycles. The number of amides is 1. The van der Waals surface area contributed by atoms with E-state index in [0.717, 1.165) is 0 Å². The Morgan fingerprint density at radius 3 is 2.45 bits per heavy atom. The second-order valence-corrected chi connectivity index (χ2v) is 7.61. The van der Waals surface area contributed by atoms with Crippen LogP contribution in [0.4, 0.5) is 0 Å². The highest BCUT2D eigenvalue weighted by atomic mass is 35.5. The molecular weight excluding hydrogens is 469 g/mol. The molecule has 0 aliphatic carbocycles. The van der Waals surface area contributed by atoms with Crippen molar-refractivity contribution in [3.63, 3.8) is 0 Å². The van der Waals surface area contributed by atoms with E-state index < -0.39 is 0 Å². The van der Waals surface area contributed by atoms with E-state index in [1.54, 1.807) is 23.6 Å². The number of aliphatic hydroxyl groups excluding tert-OH is 1. The van der Waals surface area contributed by atoms with E-state index in [9.17, 15) is 9.59 Å². The molecule has 0 spiro atoms. The number of aliphatic hydroxyl groups is 1. The van der Waals surface area contributed by atoms with E-state index in [1.165, 1.54) is 19.3 Å². The van der Waals surface area contributed by atoms with Crippen LogP contribution in [0.15, 0.2) is 29.2 Å². The number of ether oxygens (including phenoxy) is 2. The molecule has 3 rings (SSSR count). The lowest BCUT2D eigenvalue weighted by Gasteiger charge is -2.20. The average molecular weight is 487 g/mol. The highest BCUT2D eigenvalue weighted by molar-refractivity contribution is 6.39. The molecule has 0 saturated carbocycles. The molecule has 31 heavy (non-hydrogen) atoms. The van der Waals surface area contributed by atoms with Crippen LogP contribution in [-0.4, -0.2) is 47.4 Å². The second-order valence-electron chi connectivity index (χ2n) is 6.39. The zero-order valence-corrected chi connectivity index (χ0v) is 18.8. The summed E-state index contributed by atoms with van der Waals surface area (Å²) in [4.78, 5) is 28.5. The summed E-state index contributed by atoms with van der Waals surface area (Å²) < 4.78 is 12.5. The smallest absolute Gasteiger partial charge is 0.257 e. The minimum Gasteiger partial charge on any atom is -0.491 e. The van der Waals surface area contributed by atoms with Crippen molar-refractivity contribution < 1.29 is 19.4 Å². The van der Waals surface area contributed by atoms with Crippen molar-refractivity contribution >= 4 is 51.6 Å². The Hall–Kier alpha value is -2.52. The summed E-state index contributed by atoms with van der Waals surface area (Å²) in [5.41, 5.74) is 0.769. The van der Waals surface area contributed by atoms with Crippen LogP contribution in [0, 0.1) is 6.92 Å². The normalized spacial score (nSPS) is 10.9. The van der Waals surface area contributed by atoms with Crippen LogP contribution in [0.25, 0.3) is 16.6 Å². The van der Waals surface area contributed by atoms with E-state index in [4.69, 9.17) is 49.4 Å². The van der Waals surface area contributed by atoms with Crippen LogP contribution in [0.5, 0.6) is 11.6 Å². The molecule has 2 N–H and O–H groups in total. The van der Waals surface area contributed by atoms with E-state index in [1.807, 2.05) is 0 Å². The van der Waals surface area contributed by atoms with Crippen molar-refractivity contribution in [1.29, 1.82) is 0 Å². The number of benzene rings is 1. The number of halogens is 3. The van der Waals surface area contributed by atoms with Gasteiger partial charge in [-0.2, -0.15) is 0 Å². The first-order chi connectivity index (χ1) is 14.8. The lowest BCUT2D eigenvalue weighted by atomic mass is 10.2. The number of aromatic nitrogens is 2. The summed E-state index contributed by atoms with van der Waals surface area (Å²) in [7, 11) is 1.47. The molecule has 0 aliphatic heterocycles. The van der Waals surface area contributed by atoms with Gasteiger partial charge in [-0.15, -0.1) is 0 Å². The van der Waals surface area contributed by atoms with Gasteiger partial charge >= 0.3 is 0 Å². The van der Waals surface area contributed by atoms with Crippen LogP contribution in [-0.2, 0) is 4.79 Å². The molecule has 0 aliphatic rings. The Labute approximate surface area is 192 Å². The fourth-order valence-electron chi connectivity index (χ4n) is 3.01. The summed E-state index contributed by atoms with van der Waals surface area (Å²) in [6.07, 6.45) is 1.32. The summed E-state index contributed by atoms with van der Waals surface area (Å²) in [5, 5.41) is 12.1. The molecule has 0 fully saturated rings. The van der Waals surface area contributed by atoms with Gasteiger partial charge in [0.05, 0.1) is 39.1 Å². The first kappa shape index (κ1) is 23.1. The van der Waals surface area contributed by atoms with Crippen LogP contribution < -0.4 is 20.2 Å². The number of rotatable bonds is 7. The highest BCUT2D eigenvalue weighted by Crippen LogP contribution is 2.38. The zero-order chi connectivity index (χ0) is 22.7. The predicted octanol–water partition coefficient (Wildman–Crippen LogP) is 3.15. The second kappa shape index (κ2) is 9.74. The highest BCUT2D eigenvalue weighted by Gasteiger charge is 2.21. The number of nitrogens with zero attached hydrogens (tertiary/aromatic N) is 2. The topological polar surface area (TPSA) is 103 Å².